The molecule has 9 rings (SSSR count). The van der Waals surface area contributed by atoms with Gasteiger partial charge in [0.1, 0.15) is 0 Å². The molecule has 0 aliphatic carbocycles. The van der Waals surface area contributed by atoms with Crippen LogP contribution in [0.1, 0.15) is 11.1 Å². The van der Waals surface area contributed by atoms with E-state index >= 15 is 0 Å². The minimum Gasteiger partial charge on any atom is -0.309 e. The van der Waals surface area contributed by atoms with Gasteiger partial charge in [0, 0.05) is 32.8 Å². The van der Waals surface area contributed by atoms with Gasteiger partial charge < -0.3 is 9.13 Å². The first kappa shape index (κ1) is 27.4. The monoisotopic (exact) mass is 610 g/mol. The van der Waals surface area contributed by atoms with Crippen LogP contribution < -0.4 is 0 Å². The zero-order valence-electron chi connectivity index (χ0n) is 25.8. The molecule has 0 fully saturated rings. The molecule has 0 saturated heterocycles. The summed E-state index contributed by atoms with van der Waals surface area (Å²) in [5.74, 6) is 0. The van der Waals surface area contributed by atoms with Gasteiger partial charge >= 0.3 is 0 Å². The zero-order chi connectivity index (χ0) is 32.2. The van der Waals surface area contributed by atoms with Crippen molar-refractivity contribution in [1.29, 1.82) is 10.5 Å². The molecule has 0 atom stereocenters. The summed E-state index contributed by atoms with van der Waals surface area (Å²) >= 11 is 0. The van der Waals surface area contributed by atoms with Crippen LogP contribution in [0.5, 0.6) is 0 Å². The van der Waals surface area contributed by atoms with Crippen LogP contribution in [0.15, 0.2) is 158 Å². The Hall–Kier alpha value is -6.88. The fourth-order valence-electron chi connectivity index (χ4n) is 7.32. The van der Waals surface area contributed by atoms with E-state index in [-0.39, 0.29) is 0 Å². The molecule has 0 aliphatic rings. The van der Waals surface area contributed by atoms with Gasteiger partial charge in [-0.1, -0.05) is 91.0 Å². The minimum absolute atomic E-state index is 0.591. The standard InChI is InChI=1S/C44H26N4/c45-27-29-23-32(30-11-9-13-34(26-30)47-40-19-6-2-15-36(40)37-16-3-7-20-41(37)47)25-33(24-29)35-14-1-5-18-39(35)48-42-21-8-4-17-38(42)44-31(28-46)12-10-22-43(44)48/h1-26H. The second kappa shape index (κ2) is 10.9. The number of hydrogen-bond donors (Lipinski definition) is 0. The lowest BCUT2D eigenvalue weighted by molar-refractivity contribution is 1.18. The summed E-state index contributed by atoms with van der Waals surface area (Å²) in [6.45, 7) is 0. The first-order valence-electron chi connectivity index (χ1n) is 15.9. The fourth-order valence-corrected chi connectivity index (χ4v) is 7.32. The van der Waals surface area contributed by atoms with Crippen LogP contribution in [0.4, 0.5) is 0 Å². The molecule has 7 aromatic carbocycles. The van der Waals surface area contributed by atoms with E-state index in [4.69, 9.17) is 0 Å². The van der Waals surface area contributed by atoms with E-state index in [1.54, 1.807) is 0 Å². The lowest BCUT2D eigenvalue weighted by atomic mass is 9.95. The summed E-state index contributed by atoms with van der Waals surface area (Å²) in [4.78, 5) is 0. The summed E-state index contributed by atoms with van der Waals surface area (Å²) in [5, 5.41) is 24.6. The molecule has 2 heterocycles. The van der Waals surface area contributed by atoms with Crippen LogP contribution in [0.2, 0.25) is 0 Å². The molecule has 222 valence electrons. The Morgan fingerprint density at radius 3 is 1.75 bits per heavy atom. The van der Waals surface area contributed by atoms with E-state index in [0.29, 0.717) is 11.1 Å². The van der Waals surface area contributed by atoms with Gasteiger partial charge in [-0.15, -0.1) is 0 Å². The molecule has 4 nitrogen and oxygen atoms in total. The highest BCUT2D eigenvalue weighted by Crippen LogP contribution is 2.39. The number of fused-ring (bicyclic) bond motifs is 6. The number of benzene rings is 7. The largest absolute Gasteiger partial charge is 0.309 e. The molecule has 0 aliphatic heterocycles. The maximum Gasteiger partial charge on any atom is 0.0998 e. The number of rotatable bonds is 4. The first-order chi connectivity index (χ1) is 23.7. The molecule has 0 spiro atoms. The van der Waals surface area contributed by atoms with Crippen molar-refractivity contribution < 1.29 is 0 Å². The molecular formula is C44H26N4. The van der Waals surface area contributed by atoms with Crippen LogP contribution >= 0.6 is 0 Å². The molecule has 0 unspecified atom stereocenters. The molecule has 48 heavy (non-hydrogen) atoms. The van der Waals surface area contributed by atoms with Gasteiger partial charge in [0.25, 0.3) is 0 Å². The topological polar surface area (TPSA) is 57.4 Å². The lowest BCUT2D eigenvalue weighted by Gasteiger charge is -2.16. The van der Waals surface area contributed by atoms with Gasteiger partial charge in [-0.2, -0.15) is 10.5 Å². The van der Waals surface area contributed by atoms with E-state index in [0.717, 1.165) is 66.5 Å². The van der Waals surface area contributed by atoms with E-state index in [1.165, 1.54) is 10.8 Å². The minimum atomic E-state index is 0.591. The Morgan fingerprint density at radius 1 is 0.417 bits per heavy atom. The maximum atomic E-state index is 10.2. The molecule has 0 saturated carbocycles. The van der Waals surface area contributed by atoms with Gasteiger partial charge in [-0.05, 0) is 83.4 Å². The normalized spacial score (nSPS) is 11.3. The van der Waals surface area contributed by atoms with Crippen molar-refractivity contribution in [2.45, 2.75) is 0 Å². The Balaban J connectivity index is 1.24. The Morgan fingerprint density at radius 2 is 1.02 bits per heavy atom. The third-order valence-corrected chi connectivity index (χ3v) is 9.35. The number of para-hydroxylation sites is 4. The Bertz CT molecular complexity index is 2760. The number of aromatic nitrogens is 2. The molecule has 0 N–H and O–H groups in total. The van der Waals surface area contributed by atoms with Crippen molar-refractivity contribution in [2.75, 3.05) is 0 Å². The van der Waals surface area contributed by atoms with E-state index in [9.17, 15) is 10.5 Å². The van der Waals surface area contributed by atoms with E-state index in [2.05, 4.69) is 130 Å². The number of nitrogens with zero attached hydrogens (tertiary/aromatic N) is 4. The van der Waals surface area contributed by atoms with Gasteiger partial charge in [-0.25, -0.2) is 0 Å². The summed E-state index contributed by atoms with van der Waals surface area (Å²) in [7, 11) is 0. The first-order valence-corrected chi connectivity index (χ1v) is 15.9. The average molecular weight is 611 g/mol. The van der Waals surface area contributed by atoms with Gasteiger partial charge in [0.15, 0.2) is 0 Å². The van der Waals surface area contributed by atoms with Crippen LogP contribution in [0.3, 0.4) is 0 Å². The molecule has 9 aromatic rings. The second-order valence-electron chi connectivity index (χ2n) is 12.0. The second-order valence-corrected chi connectivity index (χ2v) is 12.0. The van der Waals surface area contributed by atoms with E-state index in [1.807, 2.05) is 48.5 Å². The molecule has 2 aromatic heterocycles. The molecular weight excluding hydrogens is 585 g/mol. The van der Waals surface area contributed by atoms with Crippen LogP contribution in [-0.2, 0) is 0 Å². The van der Waals surface area contributed by atoms with E-state index < -0.39 is 0 Å². The predicted octanol–water partition coefficient (Wildman–Crippen LogP) is 11.0. The molecule has 0 radical (unpaired) electrons. The summed E-state index contributed by atoms with van der Waals surface area (Å²) < 4.78 is 4.55. The van der Waals surface area contributed by atoms with Crippen LogP contribution in [0.25, 0.3) is 77.2 Å². The quantitative estimate of drug-likeness (QED) is 0.199. The van der Waals surface area contributed by atoms with Crippen molar-refractivity contribution in [1.82, 2.24) is 9.13 Å². The average Bonchev–Trinajstić information content (AvgIpc) is 3.68. The van der Waals surface area contributed by atoms with Crippen LogP contribution in [-0.4, -0.2) is 9.13 Å². The van der Waals surface area contributed by atoms with Crippen molar-refractivity contribution >= 4 is 43.6 Å². The maximum absolute atomic E-state index is 10.2. The highest BCUT2D eigenvalue weighted by atomic mass is 15.0. The molecule has 0 bridgehead atoms. The smallest absolute Gasteiger partial charge is 0.0998 e. The van der Waals surface area contributed by atoms with Crippen molar-refractivity contribution in [3.63, 3.8) is 0 Å². The number of hydrogen-bond acceptors (Lipinski definition) is 2. The molecule has 4 heteroatoms. The number of nitriles is 2. The SMILES string of the molecule is N#Cc1cc(-c2cccc(-n3c4ccccc4c4ccccc43)c2)cc(-c2ccccc2-n2c3ccccc3c3c(C#N)cccc32)c1. The van der Waals surface area contributed by atoms with Gasteiger partial charge in [-0.3, -0.25) is 0 Å². The van der Waals surface area contributed by atoms with Crippen molar-refractivity contribution in [3.05, 3.63) is 169 Å². The third-order valence-electron chi connectivity index (χ3n) is 9.35. The van der Waals surface area contributed by atoms with Crippen molar-refractivity contribution in [2.24, 2.45) is 0 Å². The fraction of sp³-hybridized carbons (Fsp3) is 0. The Kier molecular flexibility index (Phi) is 6.22. The Labute approximate surface area is 277 Å². The predicted molar refractivity (Wildman–Crippen MR) is 195 cm³/mol. The highest BCUT2D eigenvalue weighted by molar-refractivity contribution is 6.12. The zero-order valence-corrected chi connectivity index (χ0v) is 25.8. The summed E-state index contributed by atoms with van der Waals surface area (Å²) in [5.41, 5.74) is 11.5. The highest BCUT2D eigenvalue weighted by Gasteiger charge is 2.18. The van der Waals surface area contributed by atoms with Crippen LogP contribution in [0, 0.1) is 22.7 Å². The van der Waals surface area contributed by atoms with Gasteiger partial charge in [0.05, 0.1) is 51.0 Å². The van der Waals surface area contributed by atoms with Gasteiger partial charge in [0.2, 0.25) is 0 Å². The van der Waals surface area contributed by atoms with Crippen molar-refractivity contribution in [3.8, 4) is 45.8 Å². The summed E-state index contributed by atoms with van der Waals surface area (Å²) in [6.07, 6.45) is 0. The third kappa shape index (κ3) is 4.14. The summed E-state index contributed by atoms with van der Waals surface area (Å²) in [6, 6.07) is 58.9. The lowest BCUT2D eigenvalue weighted by Crippen LogP contribution is -1.98. The molecule has 0 amide bonds.